The topological polar surface area (TPSA) is 41.3 Å². The van der Waals surface area contributed by atoms with Gasteiger partial charge in [-0.2, -0.15) is 4.98 Å². The molecule has 0 amide bonds. The standard InChI is InChI=1S/C14H27N3O/c1-5-7-17(8-6-2)14-16-13(11-18-14)10-15-9-12(3)4/h11-12,15H,5-10H2,1-4H3. The molecule has 0 atom stereocenters. The number of hydrogen-bond donors (Lipinski definition) is 1. The van der Waals surface area contributed by atoms with E-state index >= 15 is 0 Å². The average Bonchev–Trinajstić information content (AvgIpc) is 2.77. The van der Waals surface area contributed by atoms with Gasteiger partial charge in [0.1, 0.15) is 6.26 Å². The summed E-state index contributed by atoms with van der Waals surface area (Å²) in [5.41, 5.74) is 0.989. The molecule has 0 fully saturated rings. The maximum absolute atomic E-state index is 5.56. The fraction of sp³-hybridized carbons (Fsp3) is 0.786. The maximum atomic E-state index is 5.56. The van der Waals surface area contributed by atoms with E-state index in [2.05, 4.69) is 42.9 Å². The first-order valence-corrected chi connectivity index (χ1v) is 7.07. The van der Waals surface area contributed by atoms with Crippen LogP contribution in [0.3, 0.4) is 0 Å². The van der Waals surface area contributed by atoms with E-state index in [0.29, 0.717) is 5.92 Å². The summed E-state index contributed by atoms with van der Waals surface area (Å²) in [5, 5.41) is 3.38. The molecule has 0 saturated carbocycles. The van der Waals surface area contributed by atoms with Gasteiger partial charge < -0.3 is 14.6 Å². The predicted molar refractivity (Wildman–Crippen MR) is 75.8 cm³/mol. The lowest BCUT2D eigenvalue weighted by Gasteiger charge is -2.18. The van der Waals surface area contributed by atoms with Gasteiger partial charge in [0, 0.05) is 19.6 Å². The smallest absolute Gasteiger partial charge is 0.297 e. The van der Waals surface area contributed by atoms with Crippen molar-refractivity contribution in [3.8, 4) is 0 Å². The van der Waals surface area contributed by atoms with Crippen molar-refractivity contribution >= 4 is 6.01 Å². The van der Waals surface area contributed by atoms with Crippen LogP contribution < -0.4 is 10.2 Å². The van der Waals surface area contributed by atoms with Gasteiger partial charge in [-0.25, -0.2) is 0 Å². The highest BCUT2D eigenvalue weighted by atomic mass is 16.4. The van der Waals surface area contributed by atoms with E-state index in [9.17, 15) is 0 Å². The highest BCUT2D eigenvalue weighted by molar-refractivity contribution is 5.26. The number of hydrogen-bond acceptors (Lipinski definition) is 4. The summed E-state index contributed by atoms with van der Waals surface area (Å²) < 4.78 is 5.56. The third-order valence-corrected chi connectivity index (χ3v) is 2.66. The molecule has 1 aromatic rings. The van der Waals surface area contributed by atoms with Gasteiger partial charge in [0.05, 0.1) is 5.69 Å². The lowest BCUT2D eigenvalue weighted by atomic mass is 10.2. The second kappa shape index (κ2) is 8.14. The van der Waals surface area contributed by atoms with E-state index in [-0.39, 0.29) is 0 Å². The van der Waals surface area contributed by atoms with Gasteiger partial charge in [0.2, 0.25) is 0 Å². The number of anilines is 1. The average molecular weight is 253 g/mol. The molecule has 18 heavy (non-hydrogen) atoms. The van der Waals surface area contributed by atoms with Crippen molar-refractivity contribution in [3.63, 3.8) is 0 Å². The second-order valence-electron chi connectivity index (χ2n) is 5.13. The van der Waals surface area contributed by atoms with E-state index in [1.807, 2.05) is 0 Å². The van der Waals surface area contributed by atoms with Crippen LogP contribution in [0.25, 0.3) is 0 Å². The van der Waals surface area contributed by atoms with Crippen LogP contribution in [0.1, 0.15) is 46.2 Å². The Balaban J connectivity index is 2.49. The second-order valence-corrected chi connectivity index (χ2v) is 5.13. The minimum atomic E-state index is 0.660. The van der Waals surface area contributed by atoms with Gasteiger partial charge in [0.15, 0.2) is 0 Å². The van der Waals surface area contributed by atoms with Crippen LogP contribution in [-0.2, 0) is 6.54 Å². The van der Waals surface area contributed by atoms with Crippen LogP contribution in [0, 0.1) is 5.92 Å². The Bertz CT molecular complexity index is 317. The molecule has 0 aliphatic carbocycles. The van der Waals surface area contributed by atoms with Gasteiger partial charge in [-0.3, -0.25) is 0 Å². The van der Waals surface area contributed by atoms with Crippen LogP contribution in [0.5, 0.6) is 0 Å². The monoisotopic (exact) mass is 253 g/mol. The fourth-order valence-electron chi connectivity index (χ4n) is 1.85. The molecule has 0 aromatic carbocycles. The largest absolute Gasteiger partial charge is 0.432 e. The Kier molecular flexibility index (Phi) is 6.80. The summed E-state index contributed by atoms with van der Waals surface area (Å²) in [6, 6.07) is 0.764. The molecule has 0 saturated heterocycles. The fourth-order valence-corrected chi connectivity index (χ4v) is 1.85. The first kappa shape index (κ1) is 15.0. The molecular weight excluding hydrogens is 226 g/mol. The maximum Gasteiger partial charge on any atom is 0.297 e. The normalized spacial score (nSPS) is 11.2. The molecule has 0 spiro atoms. The molecule has 0 aliphatic rings. The summed E-state index contributed by atoms with van der Waals surface area (Å²) in [4.78, 5) is 6.76. The molecule has 0 unspecified atom stereocenters. The quantitative estimate of drug-likeness (QED) is 0.734. The first-order valence-electron chi connectivity index (χ1n) is 7.07. The Morgan fingerprint density at radius 3 is 2.50 bits per heavy atom. The molecule has 0 radical (unpaired) electrons. The molecule has 104 valence electrons. The van der Waals surface area contributed by atoms with Crippen molar-refractivity contribution in [2.45, 2.75) is 47.1 Å². The Morgan fingerprint density at radius 1 is 1.28 bits per heavy atom. The molecule has 1 rings (SSSR count). The molecule has 4 heteroatoms. The summed E-state index contributed by atoms with van der Waals surface area (Å²) in [5.74, 6) is 0.660. The van der Waals surface area contributed by atoms with Crippen molar-refractivity contribution in [1.29, 1.82) is 0 Å². The van der Waals surface area contributed by atoms with Crippen LogP contribution in [0.2, 0.25) is 0 Å². The van der Waals surface area contributed by atoms with E-state index in [1.165, 1.54) is 0 Å². The summed E-state index contributed by atoms with van der Waals surface area (Å²) in [6.07, 6.45) is 3.99. The number of nitrogens with one attached hydrogen (secondary N) is 1. The number of aromatic nitrogens is 1. The molecule has 0 bridgehead atoms. The molecule has 4 nitrogen and oxygen atoms in total. The van der Waals surface area contributed by atoms with Gasteiger partial charge in [-0.15, -0.1) is 0 Å². The van der Waals surface area contributed by atoms with Crippen LogP contribution in [0.15, 0.2) is 10.7 Å². The van der Waals surface area contributed by atoms with Crippen molar-refractivity contribution in [2.24, 2.45) is 5.92 Å². The Hall–Kier alpha value is -1.03. The molecule has 1 aromatic heterocycles. The third-order valence-electron chi connectivity index (χ3n) is 2.66. The summed E-state index contributed by atoms with van der Waals surface area (Å²) >= 11 is 0. The minimum Gasteiger partial charge on any atom is -0.432 e. The van der Waals surface area contributed by atoms with E-state index in [4.69, 9.17) is 4.42 Å². The van der Waals surface area contributed by atoms with Crippen molar-refractivity contribution in [1.82, 2.24) is 10.3 Å². The SMILES string of the molecule is CCCN(CCC)c1nc(CNCC(C)C)co1. The summed E-state index contributed by atoms with van der Waals surface area (Å²) in [7, 11) is 0. The predicted octanol–water partition coefficient (Wildman–Crippen LogP) is 3.05. The van der Waals surface area contributed by atoms with Gasteiger partial charge >= 0.3 is 0 Å². The third kappa shape index (κ3) is 5.08. The van der Waals surface area contributed by atoms with Gasteiger partial charge in [0.25, 0.3) is 6.01 Å². The van der Waals surface area contributed by atoms with Crippen molar-refractivity contribution in [3.05, 3.63) is 12.0 Å². The van der Waals surface area contributed by atoms with Crippen LogP contribution in [0.4, 0.5) is 6.01 Å². The lowest BCUT2D eigenvalue weighted by Crippen LogP contribution is -2.25. The molecular formula is C14H27N3O. The first-order chi connectivity index (χ1) is 8.67. The van der Waals surface area contributed by atoms with E-state index in [1.54, 1.807) is 6.26 Å². The number of nitrogens with zero attached hydrogens (tertiary/aromatic N) is 2. The van der Waals surface area contributed by atoms with Gasteiger partial charge in [-0.05, 0) is 25.3 Å². The van der Waals surface area contributed by atoms with Crippen molar-refractivity contribution < 1.29 is 4.42 Å². The minimum absolute atomic E-state index is 0.660. The summed E-state index contributed by atoms with van der Waals surface area (Å²) in [6.45, 7) is 12.6. The number of oxazole rings is 1. The van der Waals surface area contributed by atoms with Crippen LogP contribution in [-0.4, -0.2) is 24.6 Å². The van der Waals surface area contributed by atoms with E-state index < -0.39 is 0 Å². The number of rotatable bonds is 9. The zero-order valence-electron chi connectivity index (χ0n) is 12.2. The Morgan fingerprint density at radius 2 is 1.94 bits per heavy atom. The van der Waals surface area contributed by atoms with Gasteiger partial charge in [-0.1, -0.05) is 27.7 Å². The lowest BCUT2D eigenvalue weighted by molar-refractivity contribution is 0.525. The molecule has 0 aliphatic heterocycles. The highest BCUT2D eigenvalue weighted by Gasteiger charge is 2.11. The van der Waals surface area contributed by atoms with E-state index in [0.717, 1.165) is 50.7 Å². The Labute approximate surface area is 111 Å². The highest BCUT2D eigenvalue weighted by Crippen LogP contribution is 2.14. The van der Waals surface area contributed by atoms with Crippen LogP contribution >= 0.6 is 0 Å². The molecule has 1 heterocycles. The zero-order chi connectivity index (χ0) is 13.4. The van der Waals surface area contributed by atoms with Crippen molar-refractivity contribution in [2.75, 3.05) is 24.5 Å². The zero-order valence-corrected chi connectivity index (χ0v) is 12.2. The molecule has 1 N–H and O–H groups in total.